The van der Waals surface area contributed by atoms with Crippen molar-refractivity contribution in [2.45, 2.75) is 6.04 Å². The van der Waals surface area contributed by atoms with Gasteiger partial charge in [-0.3, -0.25) is 4.79 Å². The lowest BCUT2D eigenvalue weighted by molar-refractivity contribution is -0.136. The van der Waals surface area contributed by atoms with Crippen LogP contribution in [-0.2, 0) is 9.53 Å². The van der Waals surface area contributed by atoms with Crippen LogP contribution in [0.4, 0.5) is 0 Å². The molecule has 0 saturated carbocycles. The van der Waals surface area contributed by atoms with Crippen molar-refractivity contribution >= 4 is 5.91 Å². The summed E-state index contributed by atoms with van der Waals surface area (Å²) in [5.74, 6) is 0.186. The third-order valence-corrected chi connectivity index (χ3v) is 2.65. The number of hydrogen-bond acceptors (Lipinski definition) is 4. The predicted octanol–water partition coefficient (Wildman–Crippen LogP) is -1.59. The van der Waals surface area contributed by atoms with Gasteiger partial charge < -0.3 is 20.3 Å². The van der Waals surface area contributed by atoms with Crippen molar-refractivity contribution in [2.75, 3.05) is 45.9 Å². The molecule has 2 rings (SSSR count). The zero-order valence-electron chi connectivity index (χ0n) is 8.29. The fourth-order valence-electron chi connectivity index (χ4n) is 1.83. The summed E-state index contributed by atoms with van der Waals surface area (Å²) >= 11 is 0. The summed E-state index contributed by atoms with van der Waals surface area (Å²) in [5, 5.41) is 6.41. The van der Waals surface area contributed by atoms with Crippen LogP contribution in [0, 0.1) is 0 Å². The summed E-state index contributed by atoms with van der Waals surface area (Å²) in [5.41, 5.74) is 0. The fourth-order valence-corrected chi connectivity index (χ4v) is 1.83. The van der Waals surface area contributed by atoms with Crippen LogP contribution in [0.3, 0.4) is 0 Å². The highest BCUT2D eigenvalue weighted by Gasteiger charge is 2.26. The van der Waals surface area contributed by atoms with Crippen molar-refractivity contribution in [3.63, 3.8) is 0 Å². The minimum Gasteiger partial charge on any atom is -0.378 e. The molecule has 0 radical (unpaired) electrons. The molecule has 2 saturated heterocycles. The van der Waals surface area contributed by atoms with E-state index in [-0.39, 0.29) is 11.9 Å². The van der Waals surface area contributed by atoms with Crippen LogP contribution in [-0.4, -0.2) is 62.8 Å². The Bertz CT molecular complexity index is 178. The minimum atomic E-state index is -0.123. The molecule has 2 N–H and O–H groups in total. The summed E-state index contributed by atoms with van der Waals surface area (Å²) in [7, 11) is 0. The van der Waals surface area contributed by atoms with E-state index in [0.29, 0.717) is 13.2 Å². The summed E-state index contributed by atoms with van der Waals surface area (Å²) < 4.78 is 5.27. The SMILES string of the molecule is O=C([C@H]1COCCN1)N1CCNCC1. The number of nitrogens with one attached hydrogen (secondary N) is 2. The van der Waals surface area contributed by atoms with Crippen LogP contribution in [0.15, 0.2) is 0 Å². The van der Waals surface area contributed by atoms with Gasteiger partial charge in [-0.15, -0.1) is 0 Å². The molecule has 2 heterocycles. The van der Waals surface area contributed by atoms with Gasteiger partial charge in [0.15, 0.2) is 0 Å². The first-order chi connectivity index (χ1) is 6.88. The lowest BCUT2D eigenvalue weighted by Gasteiger charge is -2.32. The summed E-state index contributed by atoms with van der Waals surface area (Å²) in [4.78, 5) is 13.8. The zero-order valence-corrected chi connectivity index (χ0v) is 8.29. The van der Waals surface area contributed by atoms with E-state index in [1.54, 1.807) is 0 Å². The monoisotopic (exact) mass is 199 g/mol. The van der Waals surface area contributed by atoms with Gasteiger partial charge >= 0.3 is 0 Å². The molecule has 0 aromatic heterocycles. The number of carbonyl (C=O) groups excluding carboxylic acids is 1. The molecular weight excluding hydrogens is 182 g/mol. The van der Waals surface area contributed by atoms with Crippen molar-refractivity contribution in [1.29, 1.82) is 0 Å². The highest BCUT2D eigenvalue weighted by molar-refractivity contribution is 5.82. The van der Waals surface area contributed by atoms with Crippen LogP contribution in [0.5, 0.6) is 0 Å². The van der Waals surface area contributed by atoms with E-state index >= 15 is 0 Å². The maximum Gasteiger partial charge on any atom is 0.242 e. The van der Waals surface area contributed by atoms with Gasteiger partial charge in [0.05, 0.1) is 13.2 Å². The van der Waals surface area contributed by atoms with Gasteiger partial charge in [-0.1, -0.05) is 0 Å². The molecule has 14 heavy (non-hydrogen) atoms. The molecule has 5 heteroatoms. The lowest BCUT2D eigenvalue weighted by atomic mass is 10.2. The minimum absolute atomic E-state index is 0.123. The molecule has 0 aromatic rings. The van der Waals surface area contributed by atoms with E-state index in [2.05, 4.69) is 10.6 Å². The molecule has 0 spiro atoms. The Labute approximate surface area is 83.8 Å². The van der Waals surface area contributed by atoms with Crippen LogP contribution in [0.1, 0.15) is 0 Å². The van der Waals surface area contributed by atoms with Gasteiger partial charge in [0.25, 0.3) is 0 Å². The third-order valence-electron chi connectivity index (χ3n) is 2.65. The standard InChI is InChI=1S/C9H17N3O2/c13-9(8-7-14-6-3-11-8)12-4-1-10-2-5-12/h8,10-11H,1-7H2/t8-/m1/s1. The van der Waals surface area contributed by atoms with Crippen molar-refractivity contribution in [1.82, 2.24) is 15.5 Å². The molecule has 2 aliphatic rings. The quantitative estimate of drug-likeness (QED) is 0.534. The Kier molecular flexibility index (Phi) is 3.34. The normalized spacial score (nSPS) is 28.9. The number of hydrogen-bond donors (Lipinski definition) is 2. The first-order valence-corrected chi connectivity index (χ1v) is 5.18. The molecule has 0 aromatic carbocycles. The average Bonchev–Trinajstić information content (AvgIpc) is 2.30. The Morgan fingerprint density at radius 2 is 2.07 bits per heavy atom. The van der Waals surface area contributed by atoms with E-state index in [9.17, 15) is 4.79 Å². The predicted molar refractivity (Wildman–Crippen MR) is 52.1 cm³/mol. The van der Waals surface area contributed by atoms with Crippen molar-refractivity contribution in [2.24, 2.45) is 0 Å². The smallest absolute Gasteiger partial charge is 0.242 e. The van der Waals surface area contributed by atoms with Gasteiger partial charge in [-0.25, -0.2) is 0 Å². The number of rotatable bonds is 1. The zero-order chi connectivity index (χ0) is 9.80. The van der Waals surface area contributed by atoms with E-state index in [4.69, 9.17) is 4.74 Å². The largest absolute Gasteiger partial charge is 0.378 e. The second-order valence-electron chi connectivity index (χ2n) is 3.66. The number of nitrogens with zero attached hydrogens (tertiary/aromatic N) is 1. The van der Waals surface area contributed by atoms with Gasteiger partial charge in [-0.2, -0.15) is 0 Å². The Morgan fingerprint density at radius 3 is 2.71 bits per heavy atom. The van der Waals surface area contributed by atoms with Crippen LogP contribution in [0.2, 0.25) is 0 Å². The molecule has 80 valence electrons. The molecule has 2 aliphatic heterocycles. The summed E-state index contributed by atoms with van der Waals surface area (Å²) in [6, 6.07) is -0.123. The molecule has 0 bridgehead atoms. The van der Waals surface area contributed by atoms with Gasteiger partial charge in [0, 0.05) is 32.7 Å². The average molecular weight is 199 g/mol. The number of amides is 1. The number of morpholine rings is 1. The highest BCUT2D eigenvalue weighted by atomic mass is 16.5. The maximum absolute atomic E-state index is 11.9. The summed E-state index contributed by atoms with van der Waals surface area (Å²) in [6.07, 6.45) is 0. The second kappa shape index (κ2) is 4.72. The third kappa shape index (κ3) is 2.23. The Morgan fingerprint density at radius 1 is 1.29 bits per heavy atom. The summed E-state index contributed by atoms with van der Waals surface area (Å²) in [6.45, 7) is 5.45. The van der Waals surface area contributed by atoms with Crippen LogP contribution in [0.25, 0.3) is 0 Å². The topological polar surface area (TPSA) is 53.6 Å². The number of piperazine rings is 1. The second-order valence-corrected chi connectivity index (χ2v) is 3.66. The van der Waals surface area contributed by atoms with E-state index in [1.807, 2.05) is 4.90 Å². The van der Waals surface area contributed by atoms with Crippen molar-refractivity contribution in [3.8, 4) is 0 Å². The van der Waals surface area contributed by atoms with Crippen molar-refractivity contribution in [3.05, 3.63) is 0 Å². The molecule has 0 aliphatic carbocycles. The van der Waals surface area contributed by atoms with Crippen molar-refractivity contribution < 1.29 is 9.53 Å². The van der Waals surface area contributed by atoms with Crippen LogP contribution < -0.4 is 10.6 Å². The van der Waals surface area contributed by atoms with Gasteiger partial charge in [-0.05, 0) is 0 Å². The molecule has 0 unspecified atom stereocenters. The molecule has 2 fully saturated rings. The molecule has 1 amide bonds. The molecular formula is C9H17N3O2. The lowest BCUT2D eigenvalue weighted by Crippen LogP contribution is -2.56. The van der Waals surface area contributed by atoms with Gasteiger partial charge in [0.2, 0.25) is 5.91 Å². The first kappa shape index (κ1) is 9.89. The molecule has 5 nitrogen and oxygen atoms in total. The van der Waals surface area contributed by atoms with Gasteiger partial charge in [0.1, 0.15) is 6.04 Å². The first-order valence-electron chi connectivity index (χ1n) is 5.18. The number of ether oxygens (including phenoxy) is 1. The fraction of sp³-hybridized carbons (Fsp3) is 0.889. The maximum atomic E-state index is 11.9. The Balaban J connectivity index is 1.85. The highest BCUT2D eigenvalue weighted by Crippen LogP contribution is 2.01. The van der Waals surface area contributed by atoms with Crippen LogP contribution >= 0.6 is 0 Å². The molecule has 1 atom stereocenters. The number of carbonyl (C=O) groups is 1. The van der Waals surface area contributed by atoms with E-state index < -0.39 is 0 Å². The van der Waals surface area contributed by atoms with E-state index in [1.165, 1.54) is 0 Å². The van der Waals surface area contributed by atoms with E-state index in [0.717, 1.165) is 32.7 Å². The Hall–Kier alpha value is -0.650.